The van der Waals surface area contributed by atoms with Gasteiger partial charge in [0.25, 0.3) is 0 Å². The number of nitrogens with one attached hydrogen (secondary N) is 2. The SMILES string of the molecule is CCN1CCN(Cc2ccc(NC(=O)N3CC4CCC3c3cc(Oc5ccnc6[nH]ccc56)ccc34)cc2C(F)(F)F)CC1. The Hall–Kier alpha value is -4.09. The number of ether oxygens (including phenoxy) is 1. The van der Waals surface area contributed by atoms with Gasteiger partial charge in [-0.15, -0.1) is 0 Å². The van der Waals surface area contributed by atoms with E-state index in [4.69, 9.17) is 4.74 Å². The lowest BCUT2D eigenvalue weighted by Gasteiger charge is -2.46. The number of carbonyl (C=O) groups excluding carboxylic acids is 1. The van der Waals surface area contributed by atoms with E-state index in [-0.39, 0.29) is 29.8 Å². The number of piperazine rings is 1. The zero-order valence-corrected chi connectivity index (χ0v) is 24.5. The third kappa shape index (κ3) is 5.50. The monoisotopic (exact) mass is 604 g/mol. The van der Waals surface area contributed by atoms with Gasteiger partial charge < -0.3 is 24.8 Å². The predicted octanol–water partition coefficient (Wildman–Crippen LogP) is 6.98. The smallest absolute Gasteiger partial charge is 0.416 e. The van der Waals surface area contributed by atoms with Crippen molar-refractivity contribution >= 4 is 22.8 Å². The Morgan fingerprint density at radius 2 is 1.84 bits per heavy atom. The number of benzene rings is 2. The Bertz CT molecular complexity index is 1680. The van der Waals surface area contributed by atoms with Gasteiger partial charge in [-0.05, 0) is 72.5 Å². The van der Waals surface area contributed by atoms with Crippen LogP contribution in [0, 0.1) is 0 Å². The van der Waals surface area contributed by atoms with E-state index in [2.05, 4.69) is 38.1 Å². The third-order valence-electron chi connectivity index (χ3n) is 9.32. The number of halogens is 3. The molecular weight excluding hydrogens is 569 g/mol. The first kappa shape index (κ1) is 28.7. The number of hydrogen-bond donors (Lipinski definition) is 2. The van der Waals surface area contributed by atoms with Crippen molar-refractivity contribution in [2.75, 3.05) is 44.6 Å². The first-order chi connectivity index (χ1) is 21.3. The van der Waals surface area contributed by atoms with Crippen LogP contribution in [0.3, 0.4) is 0 Å². The maximum absolute atomic E-state index is 14.2. The highest BCUT2D eigenvalue weighted by Crippen LogP contribution is 2.48. The van der Waals surface area contributed by atoms with Gasteiger partial charge in [-0.1, -0.05) is 19.1 Å². The molecule has 1 aliphatic carbocycles. The van der Waals surface area contributed by atoms with Gasteiger partial charge in [0.2, 0.25) is 0 Å². The quantitative estimate of drug-likeness (QED) is 0.249. The highest BCUT2D eigenvalue weighted by Gasteiger charge is 2.41. The zero-order valence-electron chi connectivity index (χ0n) is 24.5. The highest BCUT2D eigenvalue weighted by molar-refractivity contribution is 5.90. The largest absolute Gasteiger partial charge is 0.457 e. The van der Waals surface area contributed by atoms with Crippen molar-refractivity contribution in [1.82, 2.24) is 24.7 Å². The van der Waals surface area contributed by atoms with Crippen LogP contribution in [0.15, 0.2) is 60.9 Å². The van der Waals surface area contributed by atoms with E-state index in [0.717, 1.165) is 68.2 Å². The van der Waals surface area contributed by atoms with E-state index in [9.17, 15) is 18.0 Å². The van der Waals surface area contributed by atoms with E-state index in [1.54, 1.807) is 17.2 Å². The number of nitrogens with zero attached hydrogens (tertiary/aromatic N) is 4. The first-order valence-electron chi connectivity index (χ1n) is 15.2. The molecule has 4 aliphatic rings. The Labute approximate surface area is 253 Å². The topological polar surface area (TPSA) is 76.7 Å². The molecule has 44 heavy (non-hydrogen) atoms. The molecule has 230 valence electrons. The van der Waals surface area contributed by atoms with Crippen molar-refractivity contribution in [2.24, 2.45) is 0 Å². The highest BCUT2D eigenvalue weighted by atomic mass is 19.4. The molecule has 8 rings (SSSR count). The molecular formula is C33H35F3N6O2. The summed E-state index contributed by atoms with van der Waals surface area (Å²) in [5.74, 6) is 1.50. The van der Waals surface area contributed by atoms with Gasteiger partial charge in [-0.2, -0.15) is 13.2 Å². The minimum Gasteiger partial charge on any atom is -0.457 e. The number of hydrogen-bond acceptors (Lipinski definition) is 5. The summed E-state index contributed by atoms with van der Waals surface area (Å²) in [6.07, 6.45) is 0.707. The third-order valence-corrected chi connectivity index (χ3v) is 9.32. The van der Waals surface area contributed by atoms with Gasteiger partial charge >= 0.3 is 12.2 Å². The van der Waals surface area contributed by atoms with E-state index in [1.807, 2.05) is 30.5 Å². The average molecular weight is 605 g/mol. The second-order valence-electron chi connectivity index (χ2n) is 11.9. The number of H-pyrrole nitrogens is 1. The summed E-state index contributed by atoms with van der Waals surface area (Å²) in [5, 5.41) is 3.65. The van der Waals surface area contributed by atoms with E-state index < -0.39 is 17.8 Å². The summed E-state index contributed by atoms with van der Waals surface area (Å²) in [6.45, 7) is 6.94. The first-order valence-corrected chi connectivity index (χ1v) is 15.2. The molecule has 2 unspecified atom stereocenters. The fraction of sp³-hybridized carbons (Fsp3) is 0.394. The van der Waals surface area contributed by atoms with Crippen molar-refractivity contribution in [1.29, 1.82) is 0 Å². The van der Waals surface area contributed by atoms with Gasteiger partial charge in [-0.3, -0.25) is 4.90 Å². The van der Waals surface area contributed by atoms with Gasteiger partial charge in [0.1, 0.15) is 17.1 Å². The fourth-order valence-electron chi connectivity index (χ4n) is 6.96. The molecule has 2 aromatic carbocycles. The number of carbonyl (C=O) groups is 1. The van der Waals surface area contributed by atoms with Crippen molar-refractivity contribution in [2.45, 2.75) is 44.4 Å². The summed E-state index contributed by atoms with van der Waals surface area (Å²) in [4.78, 5) is 27.1. The van der Waals surface area contributed by atoms with Crippen LogP contribution in [0.2, 0.25) is 0 Å². The van der Waals surface area contributed by atoms with Crippen molar-refractivity contribution in [3.8, 4) is 11.5 Å². The van der Waals surface area contributed by atoms with E-state index in [0.29, 0.717) is 18.0 Å². The number of anilines is 1. The molecule has 11 heteroatoms. The Morgan fingerprint density at radius 3 is 2.64 bits per heavy atom. The summed E-state index contributed by atoms with van der Waals surface area (Å²) < 4.78 is 48.8. The van der Waals surface area contributed by atoms with Crippen LogP contribution in [-0.2, 0) is 12.7 Å². The van der Waals surface area contributed by atoms with Crippen LogP contribution >= 0.6 is 0 Å². The summed E-state index contributed by atoms with van der Waals surface area (Å²) >= 11 is 0. The van der Waals surface area contributed by atoms with Gasteiger partial charge in [0.05, 0.1) is 17.0 Å². The number of amides is 2. The predicted molar refractivity (Wildman–Crippen MR) is 162 cm³/mol. The number of fused-ring (bicyclic) bond motifs is 3. The number of likely N-dealkylation sites (N-methyl/N-ethyl adjacent to an activating group) is 1. The zero-order chi connectivity index (χ0) is 30.4. The number of urea groups is 1. The molecule has 2 amide bonds. The molecule has 2 aromatic heterocycles. The summed E-state index contributed by atoms with van der Waals surface area (Å²) in [5.41, 5.74) is 2.63. The molecule has 0 radical (unpaired) electrons. The Morgan fingerprint density at radius 1 is 1.02 bits per heavy atom. The molecule has 2 bridgehead atoms. The molecule has 8 nitrogen and oxygen atoms in total. The lowest BCUT2D eigenvalue weighted by Crippen LogP contribution is -2.47. The van der Waals surface area contributed by atoms with Crippen LogP contribution in [-0.4, -0.2) is 70.0 Å². The lowest BCUT2D eigenvalue weighted by molar-refractivity contribution is -0.138. The van der Waals surface area contributed by atoms with Crippen molar-refractivity contribution in [3.63, 3.8) is 0 Å². The number of aromatic nitrogens is 2. The van der Waals surface area contributed by atoms with Crippen LogP contribution in [0.4, 0.5) is 23.7 Å². The second kappa shape index (κ2) is 11.4. The van der Waals surface area contributed by atoms with Crippen LogP contribution < -0.4 is 10.1 Å². The standard InChI is InChI=1S/C33H35F3N6O2/c1-2-40-13-15-41(16-14-40)19-22-3-5-23(17-28(22)33(34,35)36)39-32(43)42-20-21-4-8-29(42)27-18-24(6-7-25(21)27)44-30-10-12-38-31-26(30)9-11-37-31/h3,5-7,9-12,17-18,21,29H,2,4,8,13-16,19-20H2,1H3,(H,37,38)(H,39,43). The second-order valence-corrected chi connectivity index (χ2v) is 11.9. The van der Waals surface area contributed by atoms with Gasteiger partial charge in [0, 0.05) is 63.3 Å². The molecule has 3 aliphatic heterocycles. The molecule has 0 spiro atoms. The summed E-state index contributed by atoms with van der Waals surface area (Å²) in [7, 11) is 0. The number of rotatable bonds is 6. The molecule has 5 heterocycles. The number of piperidine rings is 1. The lowest BCUT2D eigenvalue weighted by atomic mass is 9.75. The van der Waals surface area contributed by atoms with Crippen LogP contribution in [0.25, 0.3) is 11.0 Å². The number of aromatic amines is 1. The van der Waals surface area contributed by atoms with Crippen molar-refractivity contribution in [3.05, 3.63) is 83.2 Å². The van der Waals surface area contributed by atoms with E-state index in [1.165, 1.54) is 11.6 Å². The minimum absolute atomic E-state index is 0.147. The molecule has 4 aromatic rings. The van der Waals surface area contributed by atoms with Crippen molar-refractivity contribution < 1.29 is 22.7 Å². The number of alkyl halides is 3. The van der Waals surface area contributed by atoms with Gasteiger partial charge in [-0.25, -0.2) is 9.78 Å². The van der Waals surface area contributed by atoms with Crippen LogP contribution in [0.1, 0.15) is 54.0 Å². The fourth-order valence-corrected chi connectivity index (χ4v) is 6.96. The van der Waals surface area contributed by atoms with Crippen LogP contribution in [0.5, 0.6) is 11.5 Å². The Balaban J connectivity index is 1.08. The minimum atomic E-state index is -4.53. The molecule has 0 saturated carbocycles. The maximum Gasteiger partial charge on any atom is 0.416 e. The molecule has 2 fully saturated rings. The molecule has 2 N–H and O–H groups in total. The van der Waals surface area contributed by atoms with Gasteiger partial charge in [0.15, 0.2) is 0 Å². The Kier molecular flexibility index (Phi) is 7.45. The van der Waals surface area contributed by atoms with E-state index >= 15 is 0 Å². The number of pyridine rings is 1. The summed E-state index contributed by atoms with van der Waals surface area (Å²) in [6, 6.07) is 13.3. The average Bonchev–Trinajstić information content (AvgIpc) is 3.52. The molecule has 2 saturated heterocycles. The molecule has 2 atom stereocenters. The normalized spacial score (nSPS) is 20.6. The maximum atomic E-state index is 14.2.